The summed E-state index contributed by atoms with van der Waals surface area (Å²) in [6.45, 7) is 1.77. The molecule has 78 valence electrons. The molecule has 2 rings (SSSR count). The van der Waals surface area contributed by atoms with E-state index in [0.717, 1.165) is 14.8 Å². The van der Waals surface area contributed by atoms with Crippen molar-refractivity contribution in [3.05, 3.63) is 41.4 Å². The fourth-order valence-electron chi connectivity index (χ4n) is 1.18. The minimum absolute atomic E-state index is 0.399. The predicted octanol–water partition coefficient (Wildman–Crippen LogP) is 3.35. The van der Waals surface area contributed by atoms with Gasteiger partial charge in [-0.3, -0.25) is 0 Å². The Morgan fingerprint density at radius 3 is 2.60 bits per heavy atom. The van der Waals surface area contributed by atoms with Gasteiger partial charge in [0, 0.05) is 16.5 Å². The normalized spacial score (nSPS) is 12.7. The summed E-state index contributed by atoms with van der Waals surface area (Å²) >= 11 is 3.27. The van der Waals surface area contributed by atoms with E-state index >= 15 is 0 Å². The van der Waals surface area contributed by atoms with Crippen LogP contribution in [0.3, 0.4) is 0 Å². The molecule has 1 heterocycles. The first kappa shape index (κ1) is 10.7. The van der Waals surface area contributed by atoms with E-state index in [2.05, 4.69) is 4.98 Å². The van der Waals surface area contributed by atoms with Gasteiger partial charge in [0.25, 0.3) is 0 Å². The van der Waals surface area contributed by atoms with Crippen LogP contribution in [0.25, 0.3) is 0 Å². The largest absolute Gasteiger partial charge is 0.389 e. The maximum absolute atomic E-state index is 9.35. The van der Waals surface area contributed by atoms with E-state index in [4.69, 9.17) is 0 Å². The van der Waals surface area contributed by atoms with Gasteiger partial charge in [0.2, 0.25) is 0 Å². The number of benzene rings is 1. The van der Waals surface area contributed by atoms with Crippen LogP contribution < -0.4 is 0 Å². The van der Waals surface area contributed by atoms with Crippen molar-refractivity contribution in [2.45, 2.75) is 22.3 Å². The van der Waals surface area contributed by atoms with E-state index in [1.807, 2.05) is 29.6 Å². The Hall–Kier alpha value is -0.840. The lowest BCUT2D eigenvalue weighted by Crippen LogP contribution is -1.89. The molecule has 1 atom stereocenters. The van der Waals surface area contributed by atoms with Crippen LogP contribution in [-0.4, -0.2) is 10.1 Å². The van der Waals surface area contributed by atoms with Gasteiger partial charge in [-0.15, -0.1) is 11.3 Å². The van der Waals surface area contributed by atoms with E-state index in [-0.39, 0.29) is 0 Å². The minimum Gasteiger partial charge on any atom is -0.389 e. The number of hydrogen-bond donors (Lipinski definition) is 1. The van der Waals surface area contributed by atoms with E-state index in [1.165, 1.54) is 0 Å². The second-order valence-corrected chi connectivity index (χ2v) is 5.36. The number of aliphatic hydroxyl groups is 1. The second kappa shape index (κ2) is 4.79. The van der Waals surface area contributed by atoms with Crippen molar-refractivity contribution in [3.8, 4) is 0 Å². The van der Waals surface area contributed by atoms with Crippen LogP contribution >= 0.6 is 23.1 Å². The van der Waals surface area contributed by atoms with Gasteiger partial charge < -0.3 is 5.11 Å². The van der Waals surface area contributed by atoms with Crippen LogP contribution in [0.2, 0.25) is 0 Å². The topological polar surface area (TPSA) is 33.1 Å². The molecule has 2 nitrogen and oxygen atoms in total. The van der Waals surface area contributed by atoms with Gasteiger partial charge in [-0.2, -0.15) is 0 Å². The molecular formula is C11H11NOS2. The lowest BCUT2D eigenvalue weighted by Gasteiger charge is -2.04. The maximum atomic E-state index is 9.35. The van der Waals surface area contributed by atoms with Crippen LogP contribution in [-0.2, 0) is 0 Å². The molecule has 0 aliphatic heterocycles. The summed E-state index contributed by atoms with van der Waals surface area (Å²) in [4.78, 5) is 5.35. The molecule has 0 saturated carbocycles. The Bertz CT molecular complexity index is 409. The average molecular weight is 237 g/mol. The molecule has 4 heteroatoms. The van der Waals surface area contributed by atoms with Crippen molar-refractivity contribution in [2.75, 3.05) is 0 Å². The van der Waals surface area contributed by atoms with Crippen LogP contribution in [0.5, 0.6) is 0 Å². The van der Waals surface area contributed by atoms with Crippen LogP contribution in [0, 0.1) is 0 Å². The first-order valence-electron chi connectivity index (χ1n) is 4.61. The van der Waals surface area contributed by atoms with Gasteiger partial charge in [0.15, 0.2) is 4.34 Å². The summed E-state index contributed by atoms with van der Waals surface area (Å²) in [5.74, 6) is 0. The molecule has 0 aliphatic rings. The molecule has 2 aromatic rings. The monoisotopic (exact) mass is 237 g/mol. The van der Waals surface area contributed by atoms with Crippen molar-refractivity contribution < 1.29 is 5.11 Å². The van der Waals surface area contributed by atoms with Crippen LogP contribution in [0.4, 0.5) is 0 Å². The number of aromatic nitrogens is 1. The van der Waals surface area contributed by atoms with Gasteiger partial charge in [-0.05, 0) is 24.6 Å². The van der Waals surface area contributed by atoms with Gasteiger partial charge in [-0.1, -0.05) is 23.9 Å². The smallest absolute Gasteiger partial charge is 0.154 e. The lowest BCUT2D eigenvalue weighted by molar-refractivity contribution is 0.199. The SMILES string of the molecule is CC(O)c1ccc(Sc2nccs2)cc1. The first-order chi connectivity index (χ1) is 7.25. The van der Waals surface area contributed by atoms with Gasteiger partial charge in [-0.25, -0.2) is 4.98 Å². The van der Waals surface area contributed by atoms with E-state index in [9.17, 15) is 5.11 Å². The molecule has 0 aliphatic carbocycles. The third-order valence-corrected chi connectivity index (χ3v) is 3.87. The highest BCUT2D eigenvalue weighted by atomic mass is 32.2. The van der Waals surface area contributed by atoms with Crippen molar-refractivity contribution in [2.24, 2.45) is 0 Å². The number of hydrogen-bond acceptors (Lipinski definition) is 4. The Balaban J connectivity index is 2.11. The van der Waals surface area contributed by atoms with Crippen LogP contribution in [0.15, 0.2) is 45.1 Å². The third-order valence-electron chi connectivity index (χ3n) is 1.98. The fourth-order valence-corrected chi connectivity index (χ4v) is 2.77. The van der Waals surface area contributed by atoms with E-state index < -0.39 is 6.10 Å². The Kier molecular flexibility index (Phi) is 3.41. The van der Waals surface area contributed by atoms with Crippen molar-refractivity contribution in [1.29, 1.82) is 0 Å². The van der Waals surface area contributed by atoms with Crippen molar-refractivity contribution in [3.63, 3.8) is 0 Å². The van der Waals surface area contributed by atoms with Gasteiger partial charge >= 0.3 is 0 Å². The highest BCUT2D eigenvalue weighted by Gasteiger charge is 2.02. The molecule has 1 aromatic carbocycles. The number of thiazole rings is 1. The number of rotatable bonds is 3. The summed E-state index contributed by atoms with van der Waals surface area (Å²) in [5, 5.41) is 11.3. The Morgan fingerprint density at radius 2 is 2.07 bits per heavy atom. The second-order valence-electron chi connectivity index (χ2n) is 3.15. The zero-order valence-corrected chi connectivity index (χ0v) is 9.89. The Morgan fingerprint density at radius 1 is 1.33 bits per heavy atom. The molecule has 0 fully saturated rings. The quantitative estimate of drug-likeness (QED) is 0.888. The molecule has 1 N–H and O–H groups in total. The maximum Gasteiger partial charge on any atom is 0.154 e. The zero-order chi connectivity index (χ0) is 10.7. The average Bonchev–Trinajstić information content (AvgIpc) is 2.71. The first-order valence-corrected chi connectivity index (χ1v) is 6.30. The zero-order valence-electron chi connectivity index (χ0n) is 8.25. The number of nitrogens with zero attached hydrogens (tertiary/aromatic N) is 1. The van der Waals surface area contributed by atoms with Crippen molar-refractivity contribution in [1.82, 2.24) is 4.98 Å². The number of aliphatic hydroxyl groups excluding tert-OH is 1. The van der Waals surface area contributed by atoms with Crippen molar-refractivity contribution >= 4 is 23.1 Å². The predicted molar refractivity (Wildman–Crippen MR) is 63.3 cm³/mol. The van der Waals surface area contributed by atoms with E-state index in [0.29, 0.717) is 0 Å². The summed E-state index contributed by atoms with van der Waals surface area (Å²) in [6, 6.07) is 7.91. The van der Waals surface area contributed by atoms with Crippen LogP contribution in [0.1, 0.15) is 18.6 Å². The highest BCUT2D eigenvalue weighted by Crippen LogP contribution is 2.29. The third kappa shape index (κ3) is 2.81. The molecule has 0 radical (unpaired) electrons. The summed E-state index contributed by atoms with van der Waals surface area (Å²) in [5.41, 5.74) is 0.943. The fraction of sp³-hybridized carbons (Fsp3) is 0.182. The molecule has 0 spiro atoms. The molecule has 1 aromatic heterocycles. The van der Waals surface area contributed by atoms with Gasteiger partial charge in [0.05, 0.1) is 6.10 Å². The standard InChI is InChI=1S/C11H11NOS2/c1-8(13)9-2-4-10(5-3-9)15-11-12-6-7-14-11/h2-8,13H,1H3. The highest BCUT2D eigenvalue weighted by molar-refractivity contribution is 8.01. The minimum atomic E-state index is -0.399. The molecule has 1 unspecified atom stereocenters. The summed E-state index contributed by atoms with van der Waals surface area (Å²) in [6.07, 6.45) is 1.40. The molecule has 0 saturated heterocycles. The Labute approximate surface area is 97.0 Å². The molecule has 15 heavy (non-hydrogen) atoms. The molecule has 0 bridgehead atoms. The summed E-state index contributed by atoms with van der Waals surface area (Å²) < 4.78 is 1.04. The van der Waals surface area contributed by atoms with E-state index in [1.54, 1.807) is 36.2 Å². The summed E-state index contributed by atoms with van der Waals surface area (Å²) in [7, 11) is 0. The molecular weight excluding hydrogens is 226 g/mol. The van der Waals surface area contributed by atoms with Gasteiger partial charge in [0.1, 0.15) is 0 Å². The lowest BCUT2D eigenvalue weighted by atomic mass is 10.1. The molecule has 0 amide bonds.